The molecule has 0 fully saturated rings. The minimum atomic E-state index is -0.0773. The number of amides is 1. The summed E-state index contributed by atoms with van der Waals surface area (Å²) < 4.78 is 0. The van der Waals surface area contributed by atoms with Crippen molar-refractivity contribution in [1.82, 2.24) is 14.9 Å². The lowest BCUT2D eigenvalue weighted by Gasteiger charge is -2.22. The number of hydrogen-bond acceptors (Lipinski definition) is 3. The van der Waals surface area contributed by atoms with E-state index >= 15 is 0 Å². The Balaban J connectivity index is 1.74. The molecule has 5 heteroatoms. The number of carbonyl (C=O) groups is 1. The number of H-pyrrole nitrogens is 1. The number of aromatic nitrogens is 2. The number of fused-ring (bicyclic) bond motifs is 1. The Labute approximate surface area is 134 Å². The average Bonchev–Trinajstić information content (AvgIpc) is 3.06. The van der Waals surface area contributed by atoms with Gasteiger partial charge >= 0.3 is 0 Å². The van der Waals surface area contributed by atoms with E-state index in [1.165, 1.54) is 5.56 Å². The van der Waals surface area contributed by atoms with Crippen LogP contribution in [-0.2, 0) is 6.42 Å². The van der Waals surface area contributed by atoms with Crippen LogP contribution in [0.15, 0.2) is 54.9 Å². The Morgan fingerprint density at radius 1 is 1.13 bits per heavy atom. The minimum absolute atomic E-state index is 0.0488. The summed E-state index contributed by atoms with van der Waals surface area (Å²) in [6.07, 6.45) is 2.37. The van der Waals surface area contributed by atoms with Gasteiger partial charge in [0.2, 0.25) is 0 Å². The fourth-order valence-corrected chi connectivity index (χ4v) is 2.60. The van der Waals surface area contributed by atoms with E-state index < -0.39 is 0 Å². The third-order valence-corrected chi connectivity index (χ3v) is 3.84. The van der Waals surface area contributed by atoms with Gasteiger partial charge in [-0.05, 0) is 30.2 Å². The molecule has 0 saturated carbocycles. The molecule has 1 aromatic heterocycles. The van der Waals surface area contributed by atoms with E-state index in [1.807, 2.05) is 36.4 Å². The molecule has 0 unspecified atom stereocenters. The molecule has 2 N–H and O–H groups in total. The van der Waals surface area contributed by atoms with Crippen LogP contribution in [0, 0.1) is 0 Å². The molecule has 0 saturated heterocycles. The van der Waals surface area contributed by atoms with E-state index in [9.17, 15) is 9.90 Å². The average molecular weight is 309 g/mol. The molecule has 2 aromatic carbocycles. The highest BCUT2D eigenvalue weighted by Crippen LogP contribution is 2.14. The van der Waals surface area contributed by atoms with Crippen molar-refractivity contribution in [3.8, 4) is 0 Å². The van der Waals surface area contributed by atoms with E-state index in [2.05, 4.69) is 9.97 Å². The SMILES string of the molecule is O=C(c1ccc2nc[nH]c2c1)N(CCO)CCc1ccccc1. The molecule has 0 atom stereocenters. The van der Waals surface area contributed by atoms with Crippen molar-refractivity contribution >= 4 is 16.9 Å². The van der Waals surface area contributed by atoms with Crippen LogP contribution >= 0.6 is 0 Å². The van der Waals surface area contributed by atoms with Crippen molar-refractivity contribution in [2.45, 2.75) is 6.42 Å². The molecule has 3 rings (SSSR count). The van der Waals surface area contributed by atoms with Crippen molar-refractivity contribution in [3.63, 3.8) is 0 Å². The highest BCUT2D eigenvalue weighted by molar-refractivity contribution is 5.97. The first-order valence-electron chi connectivity index (χ1n) is 7.65. The fourth-order valence-electron chi connectivity index (χ4n) is 2.60. The van der Waals surface area contributed by atoms with Gasteiger partial charge in [0.15, 0.2) is 0 Å². The maximum Gasteiger partial charge on any atom is 0.254 e. The summed E-state index contributed by atoms with van der Waals surface area (Å²) in [7, 11) is 0. The molecule has 0 aliphatic carbocycles. The van der Waals surface area contributed by atoms with Crippen LogP contribution < -0.4 is 0 Å². The molecule has 0 radical (unpaired) electrons. The molecular formula is C18H19N3O2. The molecule has 1 heterocycles. The van der Waals surface area contributed by atoms with E-state index in [1.54, 1.807) is 23.4 Å². The van der Waals surface area contributed by atoms with Gasteiger partial charge in [0, 0.05) is 18.7 Å². The normalized spacial score (nSPS) is 10.8. The number of rotatable bonds is 6. The summed E-state index contributed by atoms with van der Waals surface area (Å²) in [6.45, 7) is 0.851. The van der Waals surface area contributed by atoms with Gasteiger partial charge in [-0.1, -0.05) is 30.3 Å². The molecule has 0 aliphatic rings. The Morgan fingerprint density at radius 3 is 2.74 bits per heavy atom. The third kappa shape index (κ3) is 3.57. The summed E-state index contributed by atoms with van der Waals surface area (Å²) in [5.41, 5.74) is 3.44. The van der Waals surface area contributed by atoms with Gasteiger partial charge in [-0.2, -0.15) is 0 Å². The Morgan fingerprint density at radius 2 is 1.96 bits per heavy atom. The molecule has 23 heavy (non-hydrogen) atoms. The van der Waals surface area contributed by atoms with Gasteiger partial charge in [0.05, 0.1) is 24.0 Å². The predicted octanol–water partition coefficient (Wildman–Crippen LogP) is 2.24. The quantitative estimate of drug-likeness (QED) is 0.733. The van der Waals surface area contributed by atoms with Crippen LogP contribution in [0.5, 0.6) is 0 Å². The first kappa shape index (κ1) is 15.2. The molecule has 5 nitrogen and oxygen atoms in total. The summed E-state index contributed by atoms with van der Waals surface area (Å²) in [6, 6.07) is 15.4. The van der Waals surface area contributed by atoms with Gasteiger partial charge in [0.25, 0.3) is 5.91 Å². The molecule has 118 valence electrons. The van der Waals surface area contributed by atoms with Crippen LogP contribution in [0.1, 0.15) is 15.9 Å². The van der Waals surface area contributed by atoms with Gasteiger partial charge in [-0.15, -0.1) is 0 Å². The predicted molar refractivity (Wildman–Crippen MR) is 89.2 cm³/mol. The molecule has 1 amide bonds. The topological polar surface area (TPSA) is 69.2 Å². The Hall–Kier alpha value is -2.66. The van der Waals surface area contributed by atoms with Gasteiger partial charge in [0.1, 0.15) is 0 Å². The first-order valence-corrected chi connectivity index (χ1v) is 7.65. The second-order valence-electron chi connectivity index (χ2n) is 5.39. The summed E-state index contributed by atoms with van der Waals surface area (Å²) in [5, 5.41) is 9.26. The highest BCUT2D eigenvalue weighted by atomic mass is 16.3. The van der Waals surface area contributed by atoms with Crippen molar-refractivity contribution in [1.29, 1.82) is 0 Å². The molecule has 0 spiro atoms. The number of benzene rings is 2. The van der Waals surface area contributed by atoms with Crippen LogP contribution in [0.3, 0.4) is 0 Å². The first-order chi connectivity index (χ1) is 11.3. The number of hydrogen-bond donors (Lipinski definition) is 2. The Kier molecular flexibility index (Phi) is 4.68. The monoisotopic (exact) mass is 309 g/mol. The van der Waals surface area contributed by atoms with Crippen molar-refractivity contribution in [2.24, 2.45) is 0 Å². The molecule has 0 bridgehead atoms. The maximum absolute atomic E-state index is 12.7. The van der Waals surface area contributed by atoms with Crippen LogP contribution in [-0.4, -0.2) is 45.6 Å². The minimum Gasteiger partial charge on any atom is -0.395 e. The lowest BCUT2D eigenvalue weighted by atomic mass is 10.1. The zero-order valence-electron chi connectivity index (χ0n) is 12.8. The lowest BCUT2D eigenvalue weighted by molar-refractivity contribution is 0.0724. The zero-order valence-corrected chi connectivity index (χ0v) is 12.8. The van der Waals surface area contributed by atoms with Crippen LogP contribution in [0.25, 0.3) is 11.0 Å². The number of carbonyl (C=O) groups excluding carboxylic acids is 1. The Bertz CT molecular complexity index is 783. The second kappa shape index (κ2) is 7.07. The number of aliphatic hydroxyl groups excluding tert-OH is 1. The van der Waals surface area contributed by atoms with Crippen LogP contribution in [0.4, 0.5) is 0 Å². The molecular weight excluding hydrogens is 290 g/mol. The second-order valence-corrected chi connectivity index (χ2v) is 5.39. The van der Waals surface area contributed by atoms with Gasteiger partial charge in [-0.3, -0.25) is 4.79 Å². The fraction of sp³-hybridized carbons (Fsp3) is 0.222. The van der Waals surface area contributed by atoms with Crippen LogP contribution in [0.2, 0.25) is 0 Å². The van der Waals surface area contributed by atoms with Crippen molar-refractivity contribution in [3.05, 3.63) is 66.0 Å². The third-order valence-electron chi connectivity index (χ3n) is 3.84. The summed E-state index contributed by atoms with van der Waals surface area (Å²) in [4.78, 5) is 21.6. The lowest BCUT2D eigenvalue weighted by Crippen LogP contribution is -2.35. The smallest absolute Gasteiger partial charge is 0.254 e. The number of nitrogens with zero attached hydrogens (tertiary/aromatic N) is 2. The molecule has 0 aliphatic heterocycles. The van der Waals surface area contributed by atoms with E-state index in [4.69, 9.17) is 0 Å². The van der Waals surface area contributed by atoms with Gasteiger partial charge < -0.3 is 15.0 Å². The number of imidazole rings is 1. The van der Waals surface area contributed by atoms with Crippen molar-refractivity contribution < 1.29 is 9.90 Å². The van der Waals surface area contributed by atoms with Crippen molar-refractivity contribution in [2.75, 3.05) is 19.7 Å². The largest absolute Gasteiger partial charge is 0.395 e. The standard InChI is InChI=1S/C18H19N3O2/c22-11-10-21(9-8-14-4-2-1-3-5-14)18(23)15-6-7-16-17(12-15)20-13-19-16/h1-7,12-13,22H,8-11H2,(H,19,20). The maximum atomic E-state index is 12.7. The van der Waals surface area contributed by atoms with E-state index in [0.29, 0.717) is 18.7 Å². The zero-order chi connectivity index (χ0) is 16.1. The van der Waals surface area contributed by atoms with E-state index in [0.717, 1.165) is 17.5 Å². The number of aromatic amines is 1. The summed E-state index contributed by atoms with van der Waals surface area (Å²) >= 11 is 0. The summed E-state index contributed by atoms with van der Waals surface area (Å²) in [5.74, 6) is -0.0773. The van der Waals surface area contributed by atoms with Gasteiger partial charge in [-0.25, -0.2) is 4.98 Å². The van der Waals surface area contributed by atoms with E-state index in [-0.39, 0.29) is 12.5 Å². The number of aliphatic hydroxyl groups is 1. The highest BCUT2D eigenvalue weighted by Gasteiger charge is 2.16. The number of nitrogens with one attached hydrogen (secondary N) is 1. The molecule has 3 aromatic rings.